The maximum absolute atomic E-state index is 11.9. The van der Waals surface area contributed by atoms with Gasteiger partial charge in [-0.25, -0.2) is 14.8 Å². The molecule has 1 aliphatic heterocycles. The molecule has 8 nitrogen and oxygen atoms in total. The van der Waals surface area contributed by atoms with E-state index in [0.717, 1.165) is 0 Å². The third-order valence-corrected chi connectivity index (χ3v) is 3.29. The largest absolute Gasteiger partial charge is 0.367 e. The lowest BCUT2D eigenvalue weighted by Crippen LogP contribution is -2.48. The van der Waals surface area contributed by atoms with E-state index in [0.29, 0.717) is 38.1 Å². The van der Waals surface area contributed by atoms with Crippen LogP contribution < -0.4 is 9.80 Å². The summed E-state index contributed by atoms with van der Waals surface area (Å²) in [4.78, 5) is 34.0. The lowest BCUT2D eigenvalue weighted by atomic mass is 9.98. The van der Waals surface area contributed by atoms with Crippen molar-refractivity contribution in [1.82, 2.24) is 20.0 Å². The van der Waals surface area contributed by atoms with Gasteiger partial charge in [0.25, 0.3) is 0 Å². The highest BCUT2D eigenvalue weighted by Gasteiger charge is 2.28. The number of carbonyl (C=O) groups excluding carboxylic acids is 1. The molecule has 0 N–H and O–H groups in total. The van der Waals surface area contributed by atoms with Crippen molar-refractivity contribution in [3.05, 3.63) is 6.33 Å². The van der Waals surface area contributed by atoms with Crippen LogP contribution in [0.15, 0.2) is 6.33 Å². The first kappa shape index (κ1) is 16.4. The summed E-state index contributed by atoms with van der Waals surface area (Å²) in [7, 11) is 3.78. The minimum atomic E-state index is -0.494. The van der Waals surface area contributed by atoms with Crippen molar-refractivity contribution < 1.29 is 9.63 Å². The Bertz CT molecular complexity index is 520. The maximum atomic E-state index is 11.9. The van der Waals surface area contributed by atoms with Crippen LogP contribution in [0.2, 0.25) is 0 Å². The second-order valence-electron chi connectivity index (χ2n) is 6.52. The lowest BCUT2D eigenvalue weighted by Gasteiger charge is -2.34. The predicted molar refractivity (Wildman–Crippen MR) is 83.5 cm³/mol. The number of hydrogen-bond donors (Lipinski definition) is 0. The van der Waals surface area contributed by atoms with E-state index in [9.17, 15) is 4.79 Å². The number of piperazine rings is 1. The second-order valence-corrected chi connectivity index (χ2v) is 6.52. The first-order chi connectivity index (χ1) is 10.3. The van der Waals surface area contributed by atoms with E-state index in [1.807, 2.05) is 39.8 Å². The summed E-state index contributed by atoms with van der Waals surface area (Å²) >= 11 is 0. The van der Waals surface area contributed by atoms with Gasteiger partial charge in [-0.1, -0.05) is 0 Å². The molecule has 1 aromatic heterocycles. The molecule has 0 unspecified atom stereocenters. The average molecular weight is 308 g/mol. The van der Waals surface area contributed by atoms with Gasteiger partial charge in [-0.2, -0.15) is 4.98 Å². The van der Waals surface area contributed by atoms with Gasteiger partial charge in [-0.05, 0) is 20.8 Å². The van der Waals surface area contributed by atoms with Gasteiger partial charge in [0.05, 0.1) is 18.5 Å². The van der Waals surface area contributed by atoms with Crippen molar-refractivity contribution in [3.63, 3.8) is 0 Å². The number of carbonyl (C=O) groups is 1. The highest BCUT2D eigenvalue weighted by atomic mass is 16.7. The molecule has 1 saturated heterocycles. The molecule has 0 saturated carbocycles. The molecule has 1 fully saturated rings. The molecule has 0 aliphatic carbocycles. The van der Waals surface area contributed by atoms with Crippen LogP contribution in [0.3, 0.4) is 0 Å². The molecule has 2 rings (SSSR count). The summed E-state index contributed by atoms with van der Waals surface area (Å²) in [5.74, 6) is 1.07. The van der Waals surface area contributed by atoms with E-state index >= 15 is 0 Å². The zero-order valence-corrected chi connectivity index (χ0v) is 13.9. The van der Waals surface area contributed by atoms with Gasteiger partial charge in [0.15, 0.2) is 0 Å². The molecule has 0 amide bonds. The fourth-order valence-electron chi connectivity index (χ4n) is 1.88. The molecule has 1 aliphatic rings. The summed E-state index contributed by atoms with van der Waals surface area (Å²) < 4.78 is 0. The van der Waals surface area contributed by atoms with E-state index < -0.39 is 5.41 Å². The van der Waals surface area contributed by atoms with Crippen LogP contribution in [0.25, 0.3) is 0 Å². The Balaban J connectivity index is 1.92. The zero-order chi connectivity index (χ0) is 16.3. The van der Waals surface area contributed by atoms with Gasteiger partial charge >= 0.3 is 5.97 Å². The Hall–Kier alpha value is -1.96. The van der Waals surface area contributed by atoms with Crippen LogP contribution in [0.5, 0.6) is 0 Å². The summed E-state index contributed by atoms with van der Waals surface area (Å²) in [6.45, 7) is 8.20. The number of hydrogen-bond acceptors (Lipinski definition) is 8. The van der Waals surface area contributed by atoms with Crippen molar-refractivity contribution in [2.45, 2.75) is 20.8 Å². The molecule has 0 radical (unpaired) electrons. The Morgan fingerprint density at radius 1 is 1.18 bits per heavy atom. The van der Waals surface area contributed by atoms with Gasteiger partial charge < -0.3 is 14.6 Å². The van der Waals surface area contributed by atoms with Crippen LogP contribution in [0, 0.1) is 5.41 Å². The Kier molecular flexibility index (Phi) is 4.80. The zero-order valence-electron chi connectivity index (χ0n) is 13.9. The van der Waals surface area contributed by atoms with Crippen molar-refractivity contribution in [2.75, 3.05) is 50.1 Å². The van der Waals surface area contributed by atoms with Gasteiger partial charge in [0, 0.05) is 27.2 Å². The van der Waals surface area contributed by atoms with Gasteiger partial charge in [0.1, 0.15) is 6.33 Å². The van der Waals surface area contributed by atoms with Crippen LogP contribution in [0.1, 0.15) is 20.8 Å². The highest BCUT2D eigenvalue weighted by Crippen LogP contribution is 2.18. The first-order valence-electron chi connectivity index (χ1n) is 7.36. The lowest BCUT2D eigenvalue weighted by molar-refractivity contribution is -0.201. The third-order valence-electron chi connectivity index (χ3n) is 3.29. The fourth-order valence-corrected chi connectivity index (χ4v) is 1.88. The molecule has 0 bridgehead atoms. The third kappa shape index (κ3) is 4.03. The quantitative estimate of drug-likeness (QED) is 0.802. The molecule has 0 atom stereocenters. The van der Waals surface area contributed by atoms with E-state index in [-0.39, 0.29) is 5.97 Å². The molecule has 0 spiro atoms. The SMILES string of the molecule is CN(C)c1ncnc(N2CCN(OC(=O)C(C)(C)C)CC2)n1. The molecule has 2 heterocycles. The van der Waals surface area contributed by atoms with E-state index in [2.05, 4.69) is 19.9 Å². The number of aromatic nitrogens is 3. The highest BCUT2D eigenvalue weighted by molar-refractivity contribution is 5.75. The number of nitrogens with zero attached hydrogens (tertiary/aromatic N) is 6. The monoisotopic (exact) mass is 308 g/mol. The Morgan fingerprint density at radius 2 is 1.82 bits per heavy atom. The summed E-state index contributed by atoms with van der Waals surface area (Å²) in [6, 6.07) is 0. The van der Waals surface area contributed by atoms with Gasteiger partial charge in [-0.3, -0.25) is 0 Å². The average Bonchev–Trinajstić information content (AvgIpc) is 2.47. The number of hydroxylamine groups is 2. The Labute approximate surface area is 131 Å². The van der Waals surface area contributed by atoms with Crippen molar-refractivity contribution in [1.29, 1.82) is 0 Å². The maximum Gasteiger partial charge on any atom is 0.330 e. The van der Waals surface area contributed by atoms with E-state index in [1.54, 1.807) is 5.06 Å². The molecule has 0 aromatic carbocycles. The smallest absolute Gasteiger partial charge is 0.330 e. The van der Waals surface area contributed by atoms with E-state index in [1.165, 1.54) is 6.33 Å². The van der Waals surface area contributed by atoms with Gasteiger partial charge in [-0.15, -0.1) is 5.06 Å². The fraction of sp³-hybridized carbons (Fsp3) is 0.714. The minimum Gasteiger partial charge on any atom is -0.367 e. The van der Waals surface area contributed by atoms with Crippen molar-refractivity contribution >= 4 is 17.9 Å². The van der Waals surface area contributed by atoms with Crippen LogP contribution >= 0.6 is 0 Å². The molecular weight excluding hydrogens is 284 g/mol. The Morgan fingerprint density at radius 3 is 2.36 bits per heavy atom. The molecule has 1 aromatic rings. The molecular formula is C14H24N6O2. The van der Waals surface area contributed by atoms with Crippen LogP contribution in [0.4, 0.5) is 11.9 Å². The van der Waals surface area contributed by atoms with Crippen LogP contribution in [-0.2, 0) is 9.63 Å². The van der Waals surface area contributed by atoms with Crippen molar-refractivity contribution in [3.8, 4) is 0 Å². The number of anilines is 2. The van der Waals surface area contributed by atoms with Crippen molar-refractivity contribution in [2.24, 2.45) is 5.41 Å². The van der Waals surface area contributed by atoms with Gasteiger partial charge in [0.2, 0.25) is 11.9 Å². The topological polar surface area (TPSA) is 74.7 Å². The molecule has 22 heavy (non-hydrogen) atoms. The summed E-state index contributed by atoms with van der Waals surface area (Å²) in [5, 5.41) is 1.71. The second kappa shape index (κ2) is 6.43. The predicted octanol–water partition coefficient (Wildman–Crippen LogP) is 0.564. The summed E-state index contributed by atoms with van der Waals surface area (Å²) in [6.07, 6.45) is 1.52. The van der Waals surface area contributed by atoms with Crippen LogP contribution in [-0.4, -0.2) is 66.3 Å². The molecule has 122 valence electrons. The standard InChI is InChI=1S/C14H24N6O2/c1-14(2,3)11(21)22-20-8-6-19(7-9-20)13-16-10-15-12(17-13)18(4)5/h10H,6-9H2,1-5H3. The number of rotatable bonds is 3. The van der Waals surface area contributed by atoms with E-state index in [4.69, 9.17) is 4.84 Å². The normalized spacial score (nSPS) is 16.5. The minimum absolute atomic E-state index is 0.212. The molecule has 8 heteroatoms. The first-order valence-corrected chi connectivity index (χ1v) is 7.36. The summed E-state index contributed by atoms with van der Waals surface area (Å²) in [5.41, 5.74) is -0.494.